The summed E-state index contributed by atoms with van der Waals surface area (Å²) in [6.07, 6.45) is 14.8. The minimum absolute atomic E-state index is 0. The second-order valence-electron chi connectivity index (χ2n) is 12.3. The Bertz CT molecular complexity index is 1260. The average Bonchev–Trinajstić information content (AvgIpc) is 3.13. The first-order valence-electron chi connectivity index (χ1n) is 17.6. The maximum Gasteiger partial charge on any atom is 0.406 e. The molecular formula is C39H65N5O4. The lowest BCUT2D eigenvalue weighted by atomic mass is 9.83. The monoisotopic (exact) mass is 668 g/mol. The fourth-order valence-electron chi connectivity index (χ4n) is 5.92. The van der Waals surface area contributed by atoms with Crippen molar-refractivity contribution in [1.29, 1.82) is 5.41 Å². The normalized spacial score (nSPS) is 14.9. The lowest BCUT2D eigenvalue weighted by Gasteiger charge is -2.26. The molecule has 0 bridgehead atoms. The Hall–Kier alpha value is -3.85. The highest BCUT2D eigenvalue weighted by molar-refractivity contribution is 6.08. The Morgan fingerprint density at radius 2 is 1.58 bits per heavy atom. The van der Waals surface area contributed by atoms with Gasteiger partial charge in [-0.1, -0.05) is 76.6 Å². The van der Waals surface area contributed by atoms with E-state index in [0.717, 1.165) is 55.1 Å². The molecule has 0 heterocycles. The molecule has 0 spiro atoms. The number of methoxy groups -OCH3 is 2. The third-order valence-corrected chi connectivity index (χ3v) is 8.70. The summed E-state index contributed by atoms with van der Waals surface area (Å²) in [6, 6.07) is 14.3. The summed E-state index contributed by atoms with van der Waals surface area (Å²) in [6.45, 7) is 7.58. The van der Waals surface area contributed by atoms with E-state index in [1.807, 2.05) is 64.2 Å². The van der Waals surface area contributed by atoms with Gasteiger partial charge in [-0.3, -0.25) is 4.79 Å². The lowest BCUT2D eigenvalue weighted by Crippen LogP contribution is -2.33. The van der Waals surface area contributed by atoms with E-state index in [9.17, 15) is 9.59 Å². The van der Waals surface area contributed by atoms with Crippen LogP contribution in [0.4, 0.5) is 10.5 Å². The number of benzene rings is 2. The number of aryl methyl sites for hydroxylation is 1. The molecule has 0 aliphatic heterocycles. The van der Waals surface area contributed by atoms with Crippen LogP contribution in [0.15, 0.2) is 48.7 Å². The first-order chi connectivity index (χ1) is 23.1. The molecule has 2 saturated carbocycles. The Morgan fingerprint density at radius 1 is 0.958 bits per heavy atom. The SMILES string of the molecule is CC.CN(C(=O)C1CCCCC1)c1cccc(/C(C=N)=C/N)c1.COC(=O)NCCN(C)C.COc1ccc(C2CCCCC2)cc1C.[HH]. The van der Waals surface area contributed by atoms with E-state index in [0.29, 0.717) is 12.1 Å². The molecule has 0 atom stereocenters. The summed E-state index contributed by atoms with van der Waals surface area (Å²) in [7, 11) is 8.80. The molecular weight excluding hydrogens is 602 g/mol. The van der Waals surface area contributed by atoms with Crippen LogP contribution < -0.4 is 20.7 Å². The molecule has 9 nitrogen and oxygen atoms in total. The lowest BCUT2D eigenvalue weighted by molar-refractivity contribution is -0.123. The number of nitrogens with zero attached hydrogens (tertiary/aromatic N) is 2. The second kappa shape index (κ2) is 24.3. The number of likely N-dealkylation sites (N-methyl/N-ethyl adjacent to an activating group) is 1. The molecule has 0 saturated heterocycles. The van der Waals surface area contributed by atoms with E-state index in [4.69, 9.17) is 15.9 Å². The molecule has 2 fully saturated rings. The number of alkyl carbamates (subject to hydrolysis) is 1. The summed E-state index contributed by atoms with van der Waals surface area (Å²) in [5, 5.41) is 9.93. The van der Waals surface area contributed by atoms with Crippen LogP contribution in [0.1, 0.15) is 102 Å². The zero-order valence-electron chi connectivity index (χ0n) is 30.9. The molecule has 2 aromatic carbocycles. The van der Waals surface area contributed by atoms with Gasteiger partial charge in [-0.2, -0.15) is 0 Å². The first-order valence-corrected chi connectivity index (χ1v) is 17.6. The Labute approximate surface area is 292 Å². The molecule has 0 aromatic heterocycles. The number of carbonyl (C=O) groups excluding carboxylic acids is 2. The van der Waals surface area contributed by atoms with Crippen molar-refractivity contribution < 1.29 is 20.5 Å². The maximum absolute atomic E-state index is 12.6. The Morgan fingerprint density at radius 3 is 2.10 bits per heavy atom. The van der Waals surface area contributed by atoms with E-state index >= 15 is 0 Å². The molecule has 0 unspecified atom stereocenters. The quantitative estimate of drug-likeness (QED) is 0.231. The predicted molar refractivity (Wildman–Crippen MR) is 203 cm³/mol. The van der Waals surface area contributed by atoms with Crippen LogP contribution in [0.25, 0.3) is 5.57 Å². The van der Waals surface area contributed by atoms with Crippen molar-refractivity contribution in [3.8, 4) is 5.75 Å². The van der Waals surface area contributed by atoms with E-state index in [2.05, 4.69) is 35.2 Å². The van der Waals surface area contributed by atoms with Crippen molar-refractivity contribution >= 4 is 29.5 Å². The minimum Gasteiger partial charge on any atom is -0.496 e. The van der Waals surface area contributed by atoms with Crippen molar-refractivity contribution in [2.75, 3.05) is 53.4 Å². The number of carbonyl (C=O) groups is 2. The van der Waals surface area contributed by atoms with Gasteiger partial charge in [0.1, 0.15) is 5.75 Å². The molecule has 2 aromatic rings. The van der Waals surface area contributed by atoms with Gasteiger partial charge < -0.3 is 35.7 Å². The number of nitrogens with one attached hydrogen (secondary N) is 2. The molecule has 270 valence electrons. The van der Waals surface area contributed by atoms with E-state index in [1.54, 1.807) is 12.0 Å². The first kappa shape index (κ1) is 42.2. The zero-order chi connectivity index (χ0) is 35.9. The number of rotatable bonds is 9. The number of nitrogens with two attached hydrogens (primary N) is 1. The molecule has 2 amide bonds. The number of amides is 2. The van der Waals surface area contributed by atoms with Gasteiger partial charge in [-0.05, 0) is 87.5 Å². The summed E-state index contributed by atoms with van der Waals surface area (Å²) >= 11 is 0. The van der Waals surface area contributed by atoms with E-state index in [-0.39, 0.29) is 19.3 Å². The summed E-state index contributed by atoms with van der Waals surface area (Å²) < 4.78 is 9.65. The van der Waals surface area contributed by atoms with Crippen molar-refractivity contribution in [1.82, 2.24) is 10.2 Å². The number of hydrogen-bond acceptors (Lipinski definition) is 7. The largest absolute Gasteiger partial charge is 0.496 e. The van der Waals surface area contributed by atoms with Gasteiger partial charge in [0.15, 0.2) is 0 Å². The van der Waals surface area contributed by atoms with Gasteiger partial charge in [-0.25, -0.2) is 4.79 Å². The number of allylic oxidation sites excluding steroid dienone is 1. The smallest absolute Gasteiger partial charge is 0.406 e. The van der Waals surface area contributed by atoms with Crippen LogP contribution in [0.3, 0.4) is 0 Å². The summed E-state index contributed by atoms with van der Waals surface area (Å²) in [5.74, 6) is 2.15. The highest BCUT2D eigenvalue weighted by Crippen LogP contribution is 2.34. The van der Waals surface area contributed by atoms with Crippen molar-refractivity contribution in [3.63, 3.8) is 0 Å². The molecule has 2 aliphatic rings. The molecule has 0 radical (unpaired) electrons. The highest BCUT2D eigenvalue weighted by Gasteiger charge is 2.25. The molecule has 2 aliphatic carbocycles. The highest BCUT2D eigenvalue weighted by atomic mass is 16.5. The van der Waals surface area contributed by atoms with Gasteiger partial charge in [0, 0.05) is 51.2 Å². The summed E-state index contributed by atoms with van der Waals surface area (Å²) in [5.41, 5.74) is 10.7. The molecule has 4 N–H and O–H groups in total. The van der Waals surface area contributed by atoms with Gasteiger partial charge in [0.25, 0.3) is 0 Å². The Balaban J connectivity index is 0.000000724. The Kier molecular flexibility index (Phi) is 21.4. The zero-order valence-corrected chi connectivity index (χ0v) is 30.9. The molecule has 48 heavy (non-hydrogen) atoms. The van der Waals surface area contributed by atoms with Crippen LogP contribution in [0.5, 0.6) is 5.75 Å². The van der Waals surface area contributed by atoms with Crippen LogP contribution >= 0.6 is 0 Å². The van der Waals surface area contributed by atoms with Crippen molar-refractivity contribution in [2.24, 2.45) is 11.7 Å². The fourth-order valence-corrected chi connectivity index (χ4v) is 5.92. The van der Waals surface area contributed by atoms with Crippen molar-refractivity contribution in [3.05, 3.63) is 65.4 Å². The van der Waals surface area contributed by atoms with E-state index < -0.39 is 0 Å². The average molecular weight is 668 g/mol. The molecule has 9 heteroatoms. The standard InChI is InChI=1S/C17H23N3O.C14H20O.C6H14N2O2.C2H6.H2/c1-20(17(21)13-6-3-2-4-7-13)16-9-5-8-14(10-16)15(11-18)12-19;1-11-10-13(8-9-14(11)15-2)12-6-4-3-5-7-12;1-8(2)5-4-7-6(9)10-3;1-2;/h5,8-13,18H,2-4,6-7,19H2,1H3;8-10,12H,3-7H2,1-2H3;4-5H2,1-3H3,(H,7,9);1-2H3;1H/b15-12+,18-11?;;;;. The van der Waals surface area contributed by atoms with Gasteiger partial charge in [0.05, 0.1) is 14.2 Å². The van der Waals surface area contributed by atoms with Crippen LogP contribution in [-0.4, -0.2) is 71.6 Å². The minimum atomic E-state index is -0.373. The number of hydrogen-bond donors (Lipinski definition) is 3. The van der Waals surface area contributed by atoms with E-state index in [1.165, 1.54) is 69.2 Å². The van der Waals surface area contributed by atoms with Crippen molar-refractivity contribution in [2.45, 2.75) is 90.9 Å². The third-order valence-electron chi connectivity index (χ3n) is 8.70. The predicted octanol–water partition coefficient (Wildman–Crippen LogP) is 8.41. The fraction of sp³-hybridized carbons (Fsp3) is 0.564. The van der Waals surface area contributed by atoms with Gasteiger partial charge in [0.2, 0.25) is 5.91 Å². The van der Waals surface area contributed by atoms with Crippen LogP contribution in [0, 0.1) is 18.3 Å². The molecule has 4 rings (SSSR count). The third kappa shape index (κ3) is 14.9. The van der Waals surface area contributed by atoms with Gasteiger partial charge >= 0.3 is 6.09 Å². The maximum atomic E-state index is 12.6. The number of ether oxygens (including phenoxy) is 2. The second-order valence-corrected chi connectivity index (χ2v) is 12.3. The van der Waals surface area contributed by atoms with Crippen LogP contribution in [-0.2, 0) is 9.53 Å². The van der Waals surface area contributed by atoms with Gasteiger partial charge in [-0.15, -0.1) is 0 Å². The topological polar surface area (TPSA) is 121 Å². The number of anilines is 1. The summed E-state index contributed by atoms with van der Waals surface area (Å²) in [4.78, 5) is 26.7. The van der Waals surface area contributed by atoms with Crippen LogP contribution in [0.2, 0.25) is 0 Å².